The highest BCUT2D eigenvalue weighted by molar-refractivity contribution is 7.98. The second-order valence-electron chi connectivity index (χ2n) is 6.76. The Morgan fingerprint density at radius 2 is 1.90 bits per heavy atom. The van der Waals surface area contributed by atoms with Gasteiger partial charge in [-0.15, -0.1) is 0 Å². The number of rotatable bonds is 10. The number of benzene rings is 1. The van der Waals surface area contributed by atoms with Crippen LogP contribution in [0.4, 0.5) is 5.82 Å². The Morgan fingerprint density at radius 3 is 2.63 bits per heavy atom. The molecule has 2 amide bonds. The molecule has 2 aromatic rings. The van der Waals surface area contributed by atoms with Gasteiger partial charge < -0.3 is 20.1 Å². The molecule has 8 nitrogen and oxygen atoms in total. The van der Waals surface area contributed by atoms with Crippen molar-refractivity contribution in [2.75, 3.05) is 25.1 Å². The van der Waals surface area contributed by atoms with Crippen molar-refractivity contribution in [3.8, 4) is 11.5 Å². The van der Waals surface area contributed by atoms with E-state index in [2.05, 4.69) is 15.7 Å². The number of amides is 2. The number of carbonyl (C=O) groups is 2. The van der Waals surface area contributed by atoms with Gasteiger partial charge >= 0.3 is 0 Å². The van der Waals surface area contributed by atoms with Crippen LogP contribution in [0.2, 0.25) is 0 Å². The predicted molar refractivity (Wildman–Crippen MR) is 117 cm³/mol. The minimum Gasteiger partial charge on any atom is -0.490 e. The molecule has 0 fully saturated rings. The maximum Gasteiger partial charge on any atom is 0.256 e. The molecule has 3 rings (SSSR count). The van der Waals surface area contributed by atoms with Crippen molar-refractivity contribution in [1.29, 1.82) is 0 Å². The fourth-order valence-electron chi connectivity index (χ4n) is 3.15. The zero-order valence-corrected chi connectivity index (χ0v) is 18.4. The molecule has 162 valence electrons. The average molecular weight is 433 g/mol. The van der Waals surface area contributed by atoms with E-state index in [9.17, 15) is 9.59 Å². The van der Waals surface area contributed by atoms with Crippen LogP contribution in [0.25, 0.3) is 0 Å². The maximum atomic E-state index is 13.0. The van der Waals surface area contributed by atoms with E-state index in [-0.39, 0.29) is 18.4 Å². The molecule has 1 aromatic heterocycles. The highest BCUT2D eigenvalue weighted by Gasteiger charge is 2.25. The van der Waals surface area contributed by atoms with Crippen molar-refractivity contribution in [3.63, 3.8) is 0 Å². The number of nitrogens with one attached hydrogen (secondary N) is 2. The normalized spacial score (nSPS) is 12.4. The van der Waals surface area contributed by atoms with Gasteiger partial charge in [0.05, 0.1) is 18.9 Å². The first kappa shape index (κ1) is 22.0. The lowest BCUT2D eigenvalue weighted by Gasteiger charge is -2.14. The molecule has 0 bridgehead atoms. The second-order valence-corrected chi connectivity index (χ2v) is 7.74. The summed E-state index contributed by atoms with van der Waals surface area (Å²) in [7, 11) is 0. The Kier molecular flexibility index (Phi) is 7.62. The molecule has 30 heavy (non-hydrogen) atoms. The minimum absolute atomic E-state index is 0.0702. The van der Waals surface area contributed by atoms with Crippen molar-refractivity contribution in [2.45, 2.75) is 45.2 Å². The molecule has 0 aliphatic carbocycles. The smallest absolute Gasteiger partial charge is 0.256 e. The molecule has 0 saturated heterocycles. The number of nitrogens with zero attached hydrogens (tertiary/aromatic N) is 2. The van der Waals surface area contributed by atoms with Gasteiger partial charge in [0.2, 0.25) is 5.91 Å². The number of thioether (sulfide) groups is 1. The third kappa shape index (κ3) is 5.08. The minimum atomic E-state index is -0.284. The van der Waals surface area contributed by atoms with Crippen molar-refractivity contribution < 1.29 is 19.1 Å². The van der Waals surface area contributed by atoms with Crippen LogP contribution in [0.1, 0.15) is 48.8 Å². The zero-order chi connectivity index (χ0) is 21.5. The molecular weight excluding hydrogens is 404 g/mol. The largest absolute Gasteiger partial charge is 0.490 e. The van der Waals surface area contributed by atoms with Crippen LogP contribution in [0.15, 0.2) is 18.2 Å². The van der Waals surface area contributed by atoms with Crippen LogP contribution < -0.4 is 20.1 Å². The second kappa shape index (κ2) is 10.4. The molecule has 9 heteroatoms. The van der Waals surface area contributed by atoms with Gasteiger partial charge in [0.1, 0.15) is 12.4 Å². The van der Waals surface area contributed by atoms with Gasteiger partial charge in [-0.25, -0.2) is 4.68 Å². The number of fused-ring (bicyclic) bond motifs is 1. The van der Waals surface area contributed by atoms with Crippen molar-refractivity contribution in [1.82, 2.24) is 15.1 Å². The van der Waals surface area contributed by atoms with Crippen LogP contribution >= 0.6 is 11.8 Å². The number of hydrogen-bond acceptors (Lipinski definition) is 6. The Bertz CT molecular complexity index is 913. The summed E-state index contributed by atoms with van der Waals surface area (Å²) in [6.45, 7) is 7.44. The Balaban J connectivity index is 1.82. The van der Waals surface area contributed by atoms with Gasteiger partial charge in [-0.2, -0.15) is 16.9 Å². The van der Waals surface area contributed by atoms with Crippen molar-refractivity contribution in [2.24, 2.45) is 0 Å². The van der Waals surface area contributed by atoms with E-state index in [1.54, 1.807) is 34.6 Å². The number of aromatic nitrogens is 2. The number of anilines is 1. The van der Waals surface area contributed by atoms with Crippen LogP contribution in [-0.2, 0) is 22.8 Å². The number of hydrogen-bond donors (Lipinski definition) is 2. The molecule has 1 aliphatic rings. The summed E-state index contributed by atoms with van der Waals surface area (Å²) in [5, 5.41) is 10.4. The molecular formula is C21H28N4O4S. The topological polar surface area (TPSA) is 94.5 Å². The van der Waals surface area contributed by atoms with E-state index in [0.29, 0.717) is 42.6 Å². The molecule has 2 heterocycles. The van der Waals surface area contributed by atoms with E-state index in [4.69, 9.17) is 9.47 Å². The van der Waals surface area contributed by atoms with E-state index in [1.165, 1.54) is 0 Å². The first-order chi connectivity index (χ1) is 14.6. The van der Waals surface area contributed by atoms with Crippen LogP contribution in [-0.4, -0.2) is 41.4 Å². The van der Waals surface area contributed by atoms with E-state index < -0.39 is 0 Å². The summed E-state index contributed by atoms with van der Waals surface area (Å²) in [6, 6.07) is 5.11. The Hall–Kier alpha value is -2.68. The molecule has 0 atom stereocenters. The molecule has 0 unspecified atom stereocenters. The van der Waals surface area contributed by atoms with E-state index in [1.807, 2.05) is 20.8 Å². The Labute approximate surface area is 180 Å². The molecule has 1 aromatic carbocycles. The lowest BCUT2D eigenvalue weighted by Crippen LogP contribution is -2.29. The maximum absolute atomic E-state index is 13.0. The SMILES string of the molecule is CCCNC(=O)Cn1nc2c(c1NC(=O)c1ccc(OCC)c(OCC)c1)CSC2. The van der Waals surface area contributed by atoms with Crippen LogP contribution in [0.5, 0.6) is 11.5 Å². The van der Waals surface area contributed by atoms with Gasteiger partial charge in [0, 0.05) is 29.2 Å². The van der Waals surface area contributed by atoms with Gasteiger partial charge in [0.15, 0.2) is 11.5 Å². The lowest BCUT2D eigenvalue weighted by molar-refractivity contribution is -0.121. The van der Waals surface area contributed by atoms with E-state index in [0.717, 1.165) is 29.2 Å². The van der Waals surface area contributed by atoms with Crippen LogP contribution in [0, 0.1) is 0 Å². The van der Waals surface area contributed by atoms with Gasteiger partial charge in [-0.3, -0.25) is 9.59 Å². The summed E-state index contributed by atoms with van der Waals surface area (Å²) in [6.07, 6.45) is 0.863. The molecule has 0 radical (unpaired) electrons. The molecule has 0 spiro atoms. The van der Waals surface area contributed by atoms with Gasteiger partial charge in [-0.1, -0.05) is 6.92 Å². The lowest BCUT2D eigenvalue weighted by atomic mass is 10.2. The molecule has 0 saturated carbocycles. The number of carbonyl (C=O) groups excluding carboxylic acids is 2. The van der Waals surface area contributed by atoms with Crippen molar-refractivity contribution >= 4 is 29.4 Å². The van der Waals surface area contributed by atoms with E-state index >= 15 is 0 Å². The third-order valence-corrected chi connectivity index (χ3v) is 5.49. The van der Waals surface area contributed by atoms with Gasteiger partial charge in [-0.05, 0) is 38.5 Å². The summed E-state index contributed by atoms with van der Waals surface area (Å²) in [5.74, 6) is 2.84. The molecule has 1 aliphatic heterocycles. The quantitative estimate of drug-likeness (QED) is 0.599. The van der Waals surface area contributed by atoms with Crippen molar-refractivity contribution in [3.05, 3.63) is 35.0 Å². The highest BCUT2D eigenvalue weighted by Crippen LogP contribution is 2.35. The standard InChI is InChI=1S/C21H28N4O4S/c1-4-9-22-19(26)11-25-20(15-12-30-13-16(15)24-25)23-21(27)14-7-8-17(28-5-2)18(10-14)29-6-3/h7-8,10H,4-6,9,11-13H2,1-3H3,(H,22,26)(H,23,27). The number of ether oxygens (including phenoxy) is 2. The monoisotopic (exact) mass is 432 g/mol. The Morgan fingerprint density at radius 1 is 1.13 bits per heavy atom. The third-order valence-electron chi connectivity index (χ3n) is 4.52. The predicted octanol–water partition coefficient (Wildman–Crippen LogP) is 3.21. The van der Waals surface area contributed by atoms with Crippen LogP contribution in [0.3, 0.4) is 0 Å². The zero-order valence-electron chi connectivity index (χ0n) is 17.6. The fourth-order valence-corrected chi connectivity index (χ4v) is 4.18. The summed E-state index contributed by atoms with van der Waals surface area (Å²) in [4.78, 5) is 25.2. The molecule has 2 N–H and O–H groups in total. The first-order valence-corrected chi connectivity index (χ1v) is 11.4. The summed E-state index contributed by atoms with van der Waals surface area (Å²) >= 11 is 1.74. The fraction of sp³-hybridized carbons (Fsp3) is 0.476. The highest BCUT2D eigenvalue weighted by atomic mass is 32.2. The first-order valence-electron chi connectivity index (χ1n) is 10.2. The summed E-state index contributed by atoms with van der Waals surface area (Å²) < 4.78 is 12.8. The summed E-state index contributed by atoms with van der Waals surface area (Å²) in [5.41, 5.74) is 2.34. The van der Waals surface area contributed by atoms with Gasteiger partial charge in [0.25, 0.3) is 5.91 Å². The average Bonchev–Trinajstić information content (AvgIpc) is 3.30.